The molecule has 1 aromatic heterocycles. The van der Waals surface area contributed by atoms with Gasteiger partial charge >= 0.3 is 0 Å². The zero-order chi connectivity index (χ0) is 14.5. The van der Waals surface area contributed by atoms with Crippen LogP contribution in [0, 0.1) is 5.82 Å². The van der Waals surface area contributed by atoms with E-state index in [1.807, 2.05) is 51.5 Å². The molecule has 3 nitrogen and oxygen atoms in total. The highest BCUT2D eigenvalue weighted by Gasteiger charge is 2.15. The minimum atomic E-state index is -0.157. The quantitative estimate of drug-likeness (QED) is 0.904. The van der Waals surface area contributed by atoms with Gasteiger partial charge in [0.15, 0.2) is 0 Å². The number of hydrogen-bond acceptors (Lipinski definition) is 3. The smallest absolute Gasteiger partial charge is 0.127 e. The van der Waals surface area contributed by atoms with Crippen molar-refractivity contribution >= 4 is 5.82 Å². The Morgan fingerprint density at radius 2 is 2.00 bits per heavy atom. The Morgan fingerprint density at radius 1 is 1.25 bits per heavy atom. The largest absolute Gasteiger partial charge is 0.373 e. The Balaban J connectivity index is 2.07. The van der Waals surface area contributed by atoms with Gasteiger partial charge in [-0.3, -0.25) is 4.90 Å². The SMILES string of the molecule is CNc1ccc(CN(C)C(C)c2ccccc2F)cn1. The van der Waals surface area contributed by atoms with Crippen molar-refractivity contribution in [3.8, 4) is 0 Å². The highest BCUT2D eigenvalue weighted by Crippen LogP contribution is 2.23. The third-order valence-electron chi connectivity index (χ3n) is 3.53. The van der Waals surface area contributed by atoms with E-state index in [2.05, 4.69) is 15.2 Å². The van der Waals surface area contributed by atoms with Gasteiger partial charge in [0.25, 0.3) is 0 Å². The summed E-state index contributed by atoms with van der Waals surface area (Å²) in [6, 6.07) is 10.9. The van der Waals surface area contributed by atoms with Gasteiger partial charge in [-0.15, -0.1) is 0 Å². The molecule has 2 aromatic rings. The van der Waals surface area contributed by atoms with E-state index >= 15 is 0 Å². The Labute approximate surface area is 119 Å². The molecular formula is C16H20FN3. The molecule has 0 saturated carbocycles. The van der Waals surface area contributed by atoms with Gasteiger partial charge in [0, 0.05) is 31.4 Å². The normalized spacial score (nSPS) is 12.4. The van der Waals surface area contributed by atoms with Crippen molar-refractivity contribution in [2.75, 3.05) is 19.4 Å². The van der Waals surface area contributed by atoms with Gasteiger partial charge in [0.1, 0.15) is 11.6 Å². The summed E-state index contributed by atoms with van der Waals surface area (Å²) >= 11 is 0. The van der Waals surface area contributed by atoms with Crippen LogP contribution in [0.25, 0.3) is 0 Å². The fourth-order valence-corrected chi connectivity index (χ4v) is 2.14. The molecule has 0 fully saturated rings. The maximum atomic E-state index is 13.8. The van der Waals surface area contributed by atoms with E-state index in [1.54, 1.807) is 6.07 Å². The molecule has 20 heavy (non-hydrogen) atoms. The summed E-state index contributed by atoms with van der Waals surface area (Å²) in [6.07, 6.45) is 1.84. The zero-order valence-corrected chi connectivity index (χ0v) is 12.1. The summed E-state index contributed by atoms with van der Waals surface area (Å²) in [5, 5.41) is 2.99. The number of nitrogens with zero attached hydrogens (tertiary/aromatic N) is 2. The molecule has 0 amide bonds. The van der Waals surface area contributed by atoms with E-state index in [-0.39, 0.29) is 11.9 Å². The maximum Gasteiger partial charge on any atom is 0.127 e. The van der Waals surface area contributed by atoms with Crippen molar-refractivity contribution in [1.82, 2.24) is 9.88 Å². The third kappa shape index (κ3) is 3.33. The van der Waals surface area contributed by atoms with Gasteiger partial charge < -0.3 is 5.32 Å². The molecule has 1 aromatic carbocycles. The average molecular weight is 273 g/mol. The molecule has 1 unspecified atom stereocenters. The highest BCUT2D eigenvalue weighted by atomic mass is 19.1. The second-order valence-corrected chi connectivity index (χ2v) is 4.91. The molecular weight excluding hydrogens is 253 g/mol. The first kappa shape index (κ1) is 14.5. The maximum absolute atomic E-state index is 13.8. The first-order chi connectivity index (χ1) is 9.61. The van der Waals surface area contributed by atoms with E-state index in [4.69, 9.17) is 0 Å². The van der Waals surface area contributed by atoms with Gasteiger partial charge in [-0.1, -0.05) is 24.3 Å². The van der Waals surface area contributed by atoms with Crippen LogP contribution in [-0.4, -0.2) is 24.0 Å². The molecule has 0 bridgehead atoms. The van der Waals surface area contributed by atoms with E-state index in [9.17, 15) is 4.39 Å². The van der Waals surface area contributed by atoms with Gasteiger partial charge in [-0.2, -0.15) is 0 Å². The van der Waals surface area contributed by atoms with Crippen LogP contribution in [0.2, 0.25) is 0 Å². The molecule has 1 atom stereocenters. The fraction of sp³-hybridized carbons (Fsp3) is 0.312. The summed E-state index contributed by atoms with van der Waals surface area (Å²) in [6.45, 7) is 2.74. The van der Waals surface area contributed by atoms with Crippen LogP contribution in [-0.2, 0) is 6.54 Å². The Kier molecular flexibility index (Phi) is 4.69. The van der Waals surface area contributed by atoms with Crippen LogP contribution in [0.4, 0.5) is 10.2 Å². The Morgan fingerprint density at radius 3 is 2.60 bits per heavy atom. The first-order valence-electron chi connectivity index (χ1n) is 6.69. The van der Waals surface area contributed by atoms with E-state index in [0.29, 0.717) is 0 Å². The van der Waals surface area contributed by atoms with Crippen LogP contribution < -0.4 is 5.32 Å². The monoisotopic (exact) mass is 273 g/mol. The lowest BCUT2D eigenvalue weighted by Gasteiger charge is -2.25. The van der Waals surface area contributed by atoms with Gasteiger partial charge in [0.2, 0.25) is 0 Å². The number of rotatable bonds is 5. The molecule has 0 aliphatic rings. The minimum absolute atomic E-state index is 0.0141. The van der Waals surface area contributed by atoms with Gasteiger partial charge in [0.05, 0.1) is 0 Å². The highest BCUT2D eigenvalue weighted by molar-refractivity contribution is 5.34. The number of halogens is 1. The lowest BCUT2D eigenvalue weighted by Crippen LogP contribution is -2.22. The van der Waals surface area contributed by atoms with Crippen molar-refractivity contribution in [3.05, 3.63) is 59.5 Å². The first-order valence-corrected chi connectivity index (χ1v) is 6.69. The molecule has 1 N–H and O–H groups in total. The Hall–Kier alpha value is -1.94. The number of anilines is 1. The lowest BCUT2D eigenvalue weighted by atomic mass is 10.1. The van der Waals surface area contributed by atoms with E-state index < -0.39 is 0 Å². The van der Waals surface area contributed by atoms with E-state index in [0.717, 1.165) is 23.5 Å². The number of nitrogens with one attached hydrogen (secondary N) is 1. The van der Waals surface area contributed by atoms with Crippen LogP contribution in [0.3, 0.4) is 0 Å². The van der Waals surface area contributed by atoms with Crippen molar-refractivity contribution < 1.29 is 4.39 Å². The summed E-state index contributed by atoms with van der Waals surface area (Å²) in [5.74, 6) is 0.689. The number of aromatic nitrogens is 1. The Bertz CT molecular complexity index is 554. The molecule has 2 rings (SSSR count). The summed E-state index contributed by atoms with van der Waals surface area (Å²) < 4.78 is 13.8. The molecule has 1 heterocycles. The van der Waals surface area contributed by atoms with Gasteiger partial charge in [-0.05, 0) is 31.7 Å². The van der Waals surface area contributed by atoms with Crippen molar-refractivity contribution in [2.45, 2.75) is 19.5 Å². The molecule has 0 aliphatic carbocycles. The standard InChI is InChI=1S/C16H20FN3/c1-12(14-6-4-5-7-15(14)17)20(3)11-13-8-9-16(18-2)19-10-13/h4-10,12H,11H2,1-3H3,(H,18,19). The molecule has 0 aliphatic heterocycles. The van der Waals surface area contributed by atoms with Crippen molar-refractivity contribution in [3.63, 3.8) is 0 Å². The minimum Gasteiger partial charge on any atom is -0.373 e. The molecule has 106 valence electrons. The number of benzene rings is 1. The summed E-state index contributed by atoms with van der Waals surface area (Å²) in [5.41, 5.74) is 1.82. The van der Waals surface area contributed by atoms with Crippen LogP contribution in [0.1, 0.15) is 24.1 Å². The van der Waals surface area contributed by atoms with Crippen molar-refractivity contribution in [2.24, 2.45) is 0 Å². The molecule has 0 radical (unpaired) electrons. The zero-order valence-electron chi connectivity index (χ0n) is 12.1. The van der Waals surface area contributed by atoms with Crippen LogP contribution in [0.15, 0.2) is 42.6 Å². The predicted octanol–water partition coefficient (Wildman–Crippen LogP) is 3.46. The topological polar surface area (TPSA) is 28.2 Å². The van der Waals surface area contributed by atoms with E-state index in [1.165, 1.54) is 6.07 Å². The predicted molar refractivity (Wildman–Crippen MR) is 80.1 cm³/mol. The van der Waals surface area contributed by atoms with Crippen molar-refractivity contribution in [1.29, 1.82) is 0 Å². The number of hydrogen-bond donors (Lipinski definition) is 1. The lowest BCUT2D eigenvalue weighted by molar-refractivity contribution is 0.247. The summed E-state index contributed by atoms with van der Waals surface area (Å²) in [4.78, 5) is 6.39. The van der Waals surface area contributed by atoms with Crippen LogP contribution in [0.5, 0.6) is 0 Å². The molecule has 4 heteroatoms. The second kappa shape index (κ2) is 6.48. The molecule has 0 saturated heterocycles. The van der Waals surface area contributed by atoms with Gasteiger partial charge in [-0.25, -0.2) is 9.37 Å². The summed E-state index contributed by atoms with van der Waals surface area (Å²) in [7, 11) is 3.83. The average Bonchev–Trinajstić information content (AvgIpc) is 2.48. The second-order valence-electron chi connectivity index (χ2n) is 4.91. The number of pyridine rings is 1. The van der Waals surface area contributed by atoms with Crippen LogP contribution >= 0.6 is 0 Å². The fourth-order valence-electron chi connectivity index (χ4n) is 2.14. The molecule has 0 spiro atoms. The third-order valence-corrected chi connectivity index (χ3v) is 3.53.